The Kier molecular flexibility index (Phi) is 1.88. The first-order valence-electron chi connectivity index (χ1n) is 3.47. The molecule has 0 aromatic heterocycles. The van der Waals surface area contributed by atoms with Gasteiger partial charge in [0.2, 0.25) is 0 Å². The van der Waals surface area contributed by atoms with E-state index in [1.54, 1.807) is 0 Å². The molecule has 0 N–H and O–H groups in total. The van der Waals surface area contributed by atoms with Gasteiger partial charge in [-0.25, -0.2) is 0 Å². The highest BCUT2D eigenvalue weighted by Crippen LogP contribution is 2.41. The number of alkyl halides is 1. The van der Waals surface area contributed by atoms with Gasteiger partial charge in [-0.05, 0) is 11.6 Å². The van der Waals surface area contributed by atoms with Crippen LogP contribution in [0.5, 0.6) is 0 Å². The van der Waals surface area contributed by atoms with Crippen molar-refractivity contribution in [2.75, 3.05) is 4.31 Å². The van der Waals surface area contributed by atoms with Crippen molar-refractivity contribution < 1.29 is 4.79 Å². The highest BCUT2D eigenvalue weighted by molar-refractivity contribution is 9.09. The molecule has 1 heterocycles. The van der Waals surface area contributed by atoms with E-state index in [0.29, 0.717) is 0 Å². The Balaban J connectivity index is 2.59. The molecule has 2 rings (SSSR count). The van der Waals surface area contributed by atoms with Crippen LogP contribution in [0.3, 0.4) is 0 Å². The van der Waals surface area contributed by atoms with E-state index in [2.05, 4.69) is 28.7 Å². The second kappa shape index (κ2) is 2.78. The summed E-state index contributed by atoms with van der Waals surface area (Å²) in [4.78, 5) is 11.1. The molecule has 0 spiro atoms. The molecule has 0 aliphatic carbocycles. The number of hydrogen-bond donors (Lipinski definition) is 1. The molecule has 0 saturated heterocycles. The quantitative estimate of drug-likeness (QED) is 0.548. The molecule has 1 unspecified atom stereocenters. The number of fused-ring (bicyclic) bond motifs is 1. The smallest absolute Gasteiger partial charge is 0.255 e. The van der Waals surface area contributed by atoms with Crippen molar-refractivity contribution in [2.45, 2.75) is 4.83 Å². The Morgan fingerprint density at radius 2 is 2.08 bits per heavy atom. The Hall–Kier alpha value is -0.480. The van der Waals surface area contributed by atoms with Crippen LogP contribution in [0.2, 0.25) is 0 Å². The lowest BCUT2D eigenvalue weighted by Crippen LogP contribution is -2.15. The summed E-state index contributed by atoms with van der Waals surface area (Å²) in [6, 6.07) is 7.60. The van der Waals surface area contributed by atoms with Crippen molar-refractivity contribution in [1.29, 1.82) is 0 Å². The van der Waals surface area contributed by atoms with Crippen LogP contribution in [0.25, 0.3) is 0 Å². The normalized spacial score (nSPS) is 21.3. The molecule has 1 aromatic carbocycles. The first-order valence-corrected chi connectivity index (χ1v) is 4.79. The molecule has 1 aliphatic rings. The number of para-hydroxylation sites is 1. The molecule has 2 nitrogen and oxygen atoms in total. The average molecular weight is 244 g/mol. The fourth-order valence-electron chi connectivity index (χ4n) is 1.25. The van der Waals surface area contributed by atoms with Crippen molar-refractivity contribution in [3.8, 4) is 0 Å². The van der Waals surface area contributed by atoms with E-state index >= 15 is 0 Å². The van der Waals surface area contributed by atoms with Gasteiger partial charge in [-0.15, -0.1) is 0 Å². The molecule has 1 aliphatic heterocycles. The van der Waals surface area contributed by atoms with Gasteiger partial charge in [-0.3, -0.25) is 9.10 Å². The second-order valence-corrected chi connectivity index (χ2v) is 3.89. The fraction of sp³-hybridized carbons (Fsp3) is 0.125. The minimum Gasteiger partial charge on any atom is -0.272 e. The molecule has 0 bridgehead atoms. The zero-order valence-corrected chi connectivity index (χ0v) is 8.55. The van der Waals surface area contributed by atoms with Crippen molar-refractivity contribution in [3.05, 3.63) is 29.8 Å². The molecule has 12 heavy (non-hydrogen) atoms. The highest BCUT2D eigenvalue weighted by atomic mass is 79.9. The van der Waals surface area contributed by atoms with Crippen molar-refractivity contribution in [1.82, 2.24) is 0 Å². The van der Waals surface area contributed by atoms with E-state index in [0.717, 1.165) is 11.3 Å². The number of amides is 1. The number of hydrogen-bond acceptors (Lipinski definition) is 2. The van der Waals surface area contributed by atoms with E-state index in [4.69, 9.17) is 0 Å². The molecular weight excluding hydrogens is 238 g/mol. The number of nitrogens with zero attached hydrogens (tertiary/aromatic N) is 1. The van der Waals surface area contributed by atoms with Crippen LogP contribution in [-0.2, 0) is 4.79 Å². The third kappa shape index (κ3) is 0.983. The topological polar surface area (TPSA) is 20.3 Å². The Morgan fingerprint density at radius 1 is 1.42 bits per heavy atom. The van der Waals surface area contributed by atoms with Crippen molar-refractivity contribution in [3.63, 3.8) is 0 Å². The molecule has 1 amide bonds. The number of carbonyl (C=O) groups excluding carboxylic acids is 1. The van der Waals surface area contributed by atoms with E-state index in [1.165, 1.54) is 4.31 Å². The summed E-state index contributed by atoms with van der Waals surface area (Å²) >= 11 is 7.38. The van der Waals surface area contributed by atoms with Crippen LogP contribution in [0.15, 0.2) is 24.3 Å². The van der Waals surface area contributed by atoms with Crippen LogP contribution >= 0.6 is 28.7 Å². The number of thiol groups is 1. The number of benzene rings is 1. The molecule has 0 fully saturated rings. The summed E-state index contributed by atoms with van der Waals surface area (Å²) in [6.07, 6.45) is 0. The van der Waals surface area contributed by atoms with Gasteiger partial charge in [0, 0.05) is 0 Å². The first kappa shape index (κ1) is 8.13. The molecule has 1 aromatic rings. The summed E-state index contributed by atoms with van der Waals surface area (Å²) in [5.41, 5.74) is 1.85. The van der Waals surface area contributed by atoms with Crippen molar-refractivity contribution >= 4 is 40.3 Å². The average Bonchev–Trinajstić information content (AvgIpc) is 2.33. The van der Waals surface area contributed by atoms with Crippen LogP contribution in [-0.4, -0.2) is 5.91 Å². The summed E-state index contributed by atoms with van der Waals surface area (Å²) in [5.74, 6) is -0.0282. The van der Waals surface area contributed by atoms with Gasteiger partial charge >= 0.3 is 0 Å². The number of anilines is 1. The van der Waals surface area contributed by atoms with Crippen LogP contribution < -0.4 is 4.31 Å². The largest absolute Gasteiger partial charge is 0.272 e. The third-order valence-electron chi connectivity index (χ3n) is 1.86. The monoisotopic (exact) mass is 243 g/mol. The van der Waals surface area contributed by atoms with E-state index in [9.17, 15) is 4.79 Å². The summed E-state index contributed by atoms with van der Waals surface area (Å²) < 4.78 is 1.37. The molecule has 0 radical (unpaired) electrons. The fourth-order valence-corrected chi connectivity index (χ4v) is 2.30. The van der Waals surface area contributed by atoms with E-state index in [1.807, 2.05) is 24.3 Å². The first-order chi connectivity index (χ1) is 5.72. The maximum atomic E-state index is 11.4. The van der Waals surface area contributed by atoms with Gasteiger partial charge in [-0.1, -0.05) is 46.9 Å². The zero-order chi connectivity index (χ0) is 8.72. The van der Waals surface area contributed by atoms with Crippen molar-refractivity contribution in [2.24, 2.45) is 0 Å². The minimum absolute atomic E-state index is 0.0282. The molecule has 1 atom stereocenters. The van der Waals surface area contributed by atoms with Gasteiger partial charge in [0.1, 0.15) is 4.83 Å². The summed E-state index contributed by atoms with van der Waals surface area (Å²) in [7, 11) is 0. The lowest BCUT2D eigenvalue weighted by Gasteiger charge is -2.06. The Bertz CT molecular complexity index is 311. The second-order valence-electron chi connectivity index (χ2n) is 2.57. The Labute approximate surface area is 84.2 Å². The zero-order valence-electron chi connectivity index (χ0n) is 6.07. The number of rotatable bonds is 0. The van der Waals surface area contributed by atoms with Crippen LogP contribution in [0.1, 0.15) is 10.4 Å². The predicted molar refractivity (Wildman–Crippen MR) is 54.6 cm³/mol. The minimum atomic E-state index is -0.230. The van der Waals surface area contributed by atoms with E-state index in [-0.39, 0.29) is 10.7 Å². The standard InChI is InChI=1S/C8H6BrNOS/c9-7-5-3-1-2-4-6(5)10(12)8(7)11/h1-4,7,12H. The van der Waals surface area contributed by atoms with Crippen LogP contribution in [0, 0.1) is 0 Å². The SMILES string of the molecule is O=C1C(Br)c2ccccc2N1S. The third-order valence-corrected chi connectivity index (χ3v) is 3.16. The van der Waals surface area contributed by atoms with E-state index < -0.39 is 0 Å². The number of halogens is 1. The van der Waals surface area contributed by atoms with Crippen LogP contribution in [0.4, 0.5) is 5.69 Å². The maximum Gasteiger partial charge on any atom is 0.255 e. The highest BCUT2D eigenvalue weighted by Gasteiger charge is 2.33. The predicted octanol–water partition coefficient (Wildman–Crippen LogP) is 2.31. The van der Waals surface area contributed by atoms with Gasteiger partial charge < -0.3 is 0 Å². The molecule has 0 saturated carbocycles. The van der Waals surface area contributed by atoms with Gasteiger partial charge in [-0.2, -0.15) is 0 Å². The Morgan fingerprint density at radius 3 is 2.75 bits per heavy atom. The maximum absolute atomic E-state index is 11.4. The van der Waals surface area contributed by atoms with Gasteiger partial charge in [0.25, 0.3) is 5.91 Å². The lowest BCUT2D eigenvalue weighted by atomic mass is 10.2. The summed E-state index contributed by atoms with van der Waals surface area (Å²) in [5, 5.41) is 0. The molecule has 4 heteroatoms. The lowest BCUT2D eigenvalue weighted by molar-refractivity contribution is -0.116. The van der Waals surface area contributed by atoms with Gasteiger partial charge in [0.05, 0.1) is 5.69 Å². The number of carbonyl (C=O) groups is 1. The molecular formula is C8H6BrNOS. The molecule has 62 valence electrons. The van der Waals surface area contributed by atoms with Gasteiger partial charge in [0.15, 0.2) is 0 Å². The summed E-state index contributed by atoms with van der Waals surface area (Å²) in [6.45, 7) is 0.